The predicted molar refractivity (Wildman–Crippen MR) is 121 cm³/mol. The van der Waals surface area contributed by atoms with Crippen molar-refractivity contribution in [2.75, 3.05) is 6.61 Å². The van der Waals surface area contributed by atoms with Crippen LogP contribution in [0.5, 0.6) is 5.75 Å². The van der Waals surface area contributed by atoms with E-state index in [1.807, 2.05) is 6.07 Å². The molecule has 0 aromatic heterocycles. The van der Waals surface area contributed by atoms with Crippen LogP contribution in [0.2, 0.25) is 0 Å². The van der Waals surface area contributed by atoms with Crippen LogP contribution in [0.4, 0.5) is 4.39 Å². The molecule has 2 saturated carbocycles. The van der Waals surface area contributed by atoms with Gasteiger partial charge in [0.15, 0.2) is 0 Å². The Balaban J connectivity index is 1.50. The van der Waals surface area contributed by atoms with Crippen LogP contribution in [0.15, 0.2) is 30.4 Å². The van der Waals surface area contributed by atoms with Crippen LogP contribution in [-0.4, -0.2) is 6.61 Å². The third kappa shape index (κ3) is 5.26. The van der Waals surface area contributed by atoms with E-state index in [9.17, 15) is 4.39 Å². The molecule has 1 aromatic carbocycles. The highest BCUT2D eigenvalue weighted by molar-refractivity contribution is 5.36. The van der Waals surface area contributed by atoms with E-state index in [0.29, 0.717) is 23.7 Å². The van der Waals surface area contributed by atoms with Crippen molar-refractivity contribution in [3.8, 4) is 11.8 Å². The molecular formula is C27H38FNO. The van der Waals surface area contributed by atoms with E-state index >= 15 is 0 Å². The summed E-state index contributed by atoms with van der Waals surface area (Å²) in [6.07, 6.45) is 19.6. The monoisotopic (exact) mass is 411 g/mol. The van der Waals surface area contributed by atoms with Gasteiger partial charge in [0.2, 0.25) is 0 Å². The number of ether oxygens (including phenoxy) is 1. The van der Waals surface area contributed by atoms with Crippen LogP contribution >= 0.6 is 0 Å². The number of benzene rings is 1. The Morgan fingerprint density at radius 1 is 1.13 bits per heavy atom. The number of hydrogen-bond acceptors (Lipinski definition) is 2. The fraction of sp³-hybridized carbons (Fsp3) is 0.667. The summed E-state index contributed by atoms with van der Waals surface area (Å²) >= 11 is 0. The van der Waals surface area contributed by atoms with E-state index < -0.39 is 5.82 Å². The molecule has 0 spiro atoms. The Kier molecular flexibility index (Phi) is 8.37. The molecule has 0 N–H and O–H groups in total. The molecule has 2 nitrogen and oxygen atoms in total. The molecule has 0 aliphatic heterocycles. The molecule has 164 valence electrons. The van der Waals surface area contributed by atoms with Crippen LogP contribution in [0.3, 0.4) is 0 Å². The van der Waals surface area contributed by atoms with Gasteiger partial charge in [0, 0.05) is 6.07 Å². The van der Waals surface area contributed by atoms with E-state index in [-0.39, 0.29) is 5.56 Å². The van der Waals surface area contributed by atoms with Crippen molar-refractivity contribution in [2.45, 2.75) is 84.5 Å². The van der Waals surface area contributed by atoms with Gasteiger partial charge in [-0.25, -0.2) is 4.39 Å². The Morgan fingerprint density at radius 2 is 1.83 bits per heavy atom. The molecular weight excluding hydrogens is 373 g/mol. The summed E-state index contributed by atoms with van der Waals surface area (Å²) in [5, 5.41) is 8.80. The summed E-state index contributed by atoms with van der Waals surface area (Å²) < 4.78 is 19.3. The predicted octanol–water partition coefficient (Wildman–Crippen LogP) is 7.83. The van der Waals surface area contributed by atoms with Gasteiger partial charge >= 0.3 is 0 Å². The lowest BCUT2D eigenvalue weighted by Crippen LogP contribution is -2.41. The third-order valence-corrected chi connectivity index (χ3v) is 7.98. The lowest BCUT2D eigenvalue weighted by atomic mass is 9.54. The van der Waals surface area contributed by atoms with Gasteiger partial charge in [-0.1, -0.05) is 58.1 Å². The molecule has 2 aliphatic carbocycles. The largest absolute Gasteiger partial charge is 0.489 e. The maximum Gasteiger partial charge on any atom is 0.144 e. The average Bonchev–Trinajstić information content (AvgIpc) is 2.78. The highest BCUT2D eigenvalue weighted by Gasteiger charge is 2.44. The van der Waals surface area contributed by atoms with Gasteiger partial charge in [0.1, 0.15) is 24.2 Å². The summed E-state index contributed by atoms with van der Waals surface area (Å²) in [6.45, 7) is 5.25. The fourth-order valence-corrected chi connectivity index (χ4v) is 6.42. The van der Waals surface area contributed by atoms with E-state index in [4.69, 9.17) is 10.00 Å². The van der Waals surface area contributed by atoms with Crippen molar-refractivity contribution < 1.29 is 9.13 Å². The van der Waals surface area contributed by atoms with Crippen LogP contribution in [0, 0.1) is 40.3 Å². The summed E-state index contributed by atoms with van der Waals surface area (Å²) in [5.74, 6) is 2.40. The number of allylic oxidation sites excluding steroid dienone is 1. The molecule has 2 fully saturated rings. The maximum absolute atomic E-state index is 13.7. The van der Waals surface area contributed by atoms with Gasteiger partial charge in [-0.05, 0) is 73.8 Å². The number of hydrogen-bond donors (Lipinski definition) is 0. The first-order chi connectivity index (χ1) is 14.6. The minimum absolute atomic E-state index is 0.0544. The van der Waals surface area contributed by atoms with Crippen molar-refractivity contribution in [1.82, 2.24) is 0 Å². The molecule has 0 radical (unpaired) electrons. The van der Waals surface area contributed by atoms with Gasteiger partial charge in [-0.15, -0.1) is 0 Å². The van der Waals surface area contributed by atoms with E-state index in [0.717, 1.165) is 11.8 Å². The second-order valence-corrected chi connectivity index (χ2v) is 9.41. The van der Waals surface area contributed by atoms with Crippen LogP contribution in [0.1, 0.15) is 90.0 Å². The van der Waals surface area contributed by atoms with Crippen LogP contribution in [-0.2, 0) is 0 Å². The number of halogens is 1. The standard InChI is InChI=1S/C27H38FNO/c1-3-23(4-2)27(16-6-5-7-17-27)24-13-10-21(11-14-24)9-8-18-30-25-15-12-22(20-29)26(28)19-25/h8-9,12,15,19,21,23-24H,3-7,10-11,13-14,16-18H2,1-2H3/b9-8+/t21-,24-. The molecule has 0 amide bonds. The van der Waals surface area contributed by atoms with Crippen molar-refractivity contribution in [3.05, 3.63) is 41.7 Å². The van der Waals surface area contributed by atoms with Crippen molar-refractivity contribution in [2.24, 2.45) is 23.2 Å². The van der Waals surface area contributed by atoms with Crippen molar-refractivity contribution >= 4 is 0 Å². The number of nitriles is 1. The van der Waals surface area contributed by atoms with Gasteiger partial charge in [0.25, 0.3) is 0 Å². The number of nitrogens with zero attached hydrogens (tertiary/aromatic N) is 1. The van der Waals surface area contributed by atoms with Crippen LogP contribution < -0.4 is 4.74 Å². The lowest BCUT2D eigenvalue weighted by molar-refractivity contribution is -0.00440. The molecule has 2 aliphatic rings. The van der Waals surface area contributed by atoms with Gasteiger partial charge in [-0.3, -0.25) is 0 Å². The summed E-state index contributed by atoms with van der Waals surface area (Å²) in [7, 11) is 0. The smallest absolute Gasteiger partial charge is 0.144 e. The minimum atomic E-state index is -0.522. The fourth-order valence-electron chi connectivity index (χ4n) is 6.42. The Morgan fingerprint density at radius 3 is 2.43 bits per heavy atom. The summed E-state index contributed by atoms with van der Waals surface area (Å²) in [6, 6.07) is 6.25. The summed E-state index contributed by atoms with van der Waals surface area (Å²) in [5.41, 5.74) is 0.665. The van der Waals surface area contributed by atoms with Gasteiger partial charge < -0.3 is 4.74 Å². The zero-order chi connectivity index (χ0) is 21.4. The molecule has 0 atom stereocenters. The number of rotatable bonds is 8. The zero-order valence-electron chi connectivity index (χ0n) is 18.8. The average molecular weight is 412 g/mol. The SMILES string of the molecule is CCC(CC)C1([C@H]2CC[C@H](/C=C/COc3ccc(C#N)c(F)c3)CC2)CCCCC1. The normalized spacial score (nSPS) is 24.1. The lowest BCUT2D eigenvalue weighted by Gasteiger charge is -2.51. The second-order valence-electron chi connectivity index (χ2n) is 9.41. The molecule has 0 bridgehead atoms. The second kappa shape index (κ2) is 11.0. The van der Waals surface area contributed by atoms with Gasteiger partial charge in [0.05, 0.1) is 5.56 Å². The molecule has 0 unspecified atom stereocenters. The Labute approximate surface area is 182 Å². The van der Waals surface area contributed by atoms with Gasteiger partial charge in [-0.2, -0.15) is 5.26 Å². The van der Waals surface area contributed by atoms with E-state index in [1.54, 1.807) is 6.07 Å². The molecule has 30 heavy (non-hydrogen) atoms. The highest BCUT2D eigenvalue weighted by Crippen LogP contribution is 2.55. The summed E-state index contributed by atoms with van der Waals surface area (Å²) in [4.78, 5) is 0. The molecule has 0 heterocycles. The Hall–Kier alpha value is -1.82. The first-order valence-electron chi connectivity index (χ1n) is 12.1. The third-order valence-electron chi connectivity index (χ3n) is 7.98. The van der Waals surface area contributed by atoms with E-state index in [2.05, 4.69) is 26.0 Å². The molecule has 3 heteroatoms. The van der Waals surface area contributed by atoms with Crippen molar-refractivity contribution in [1.29, 1.82) is 5.26 Å². The van der Waals surface area contributed by atoms with E-state index in [1.165, 1.54) is 82.8 Å². The van der Waals surface area contributed by atoms with Crippen molar-refractivity contribution in [3.63, 3.8) is 0 Å². The first kappa shape index (κ1) is 22.9. The maximum atomic E-state index is 13.7. The quantitative estimate of drug-likeness (QED) is 0.408. The molecule has 0 saturated heterocycles. The molecule has 3 rings (SSSR count). The minimum Gasteiger partial charge on any atom is -0.489 e. The highest BCUT2D eigenvalue weighted by atomic mass is 19.1. The zero-order valence-corrected chi connectivity index (χ0v) is 18.8. The Bertz CT molecular complexity index is 732. The first-order valence-corrected chi connectivity index (χ1v) is 12.1. The van der Waals surface area contributed by atoms with Crippen LogP contribution in [0.25, 0.3) is 0 Å². The topological polar surface area (TPSA) is 33.0 Å². The molecule has 1 aromatic rings.